The van der Waals surface area contributed by atoms with Crippen molar-refractivity contribution in [1.82, 2.24) is 9.97 Å². The van der Waals surface area contributed by atoms with Crippen LogP contribution in [0.25, 0.3) is 21.3 Å². The van der Waals surface area contributed by atoms with Gasteiger partial charge in [-0.25, -0.2) is 9.97 Å². The molecule has 6 heteroatoms. The zero-order chi connectivity index (χ0) is 18.2. The summed E-state index contributed by atoms with van der Waals surface area (Å²) < 4.78 is 11.3. The molecular weight excluding hydrogens is 376 g/mol. The second kappa shape index (κ2) is 6.87. The minimum atomic E-state index is 0.584. The zero-order valence-corrected chi connectivity index (χ0v) is 16.3. The summed E-state index contributed by atoms with van der Waals surface area (Å²) in [5.74, 6) is 1.59. The number of ether oxygens (including phenoxy) is 2. The Hall–Kier alpha value is -2.57. The average Bonchev–Trinajstić information content (AvgIpc) is 3.05. The lowest BCUT2D eigenvalue weighted by Gasteiger charge is -2.18. The number of aromatic nitrogens is 2. The SMILES string of the molecule is Cc1sc2ncnc(Sc3ccc4c(c3)OCCO4)c2c1-c1ccccc1. The Morgan fingerprint density at radius 3 is 2.63 bits per heavy atom. The van der Waals surface area contributed by atoms with Gasteiger partial charge in [0, 0.05) is 15.3 Å². The smallest absolute Gasteiger partial charge is 0.162 e. The van der Waals surface area contributed by atoms with Crippen molar-refractivity contribution in [2.45, 2.75) is 16.8 Å². The highest BCUT2D eigenvalue weighted by atomic mass is 32.2. The van der Waals surface area contributed by atoms with Crippen molar-refractivity contribution in [2.75, 3.05) is 13.2 Å². The molecule has 2 aromatic carbocycles. The fraction of sp³-hybridized carbons (Fsp3) is 0.143. The number of thiophene rings is 1. The minimum Gasteiger partial charge on any atom is -0.486 e. The summed E-state index contributed by atoms with van der Waals surface area (Å²) in [5.41, 5.74) is 2.41. The van der Waals surface area contributed by atoms with Crippen molar-refractivity contribution in [3.8, 4) is 22.6 Å². The standard InChI is InChI=1S/C21H16N2O2S2/c1-13-18(14-5-3-2-4-6-14)19-20(26-13)22-12-23-21(19)27-15-7-8-16-17(11-15)25-10-9-24-16/h2-8,11-12H,9-10H2,1H3. The van der Waals surface area contributed by atoms with Crippen molar-refractivity contribution < 1.29 is 9.47 Å². The lowest BCUT2D eigenvalue weighted by Crippen LogP contribution is -2.15. The Bertz CT molecular complexity index is 1130. The molecule has 0 saturated heterocycles. The van der Waals surface area contributed by atoms with E-state index in [2.05, 4.69) is 41.2 Å². The Kier molecular flexibility index (Phi) is 4.22. The van der Waals surface area contributed by atoms with Crippen molar-refractivity contribution in [3.05, 3.63) is 59.7 Å². The van der Waals surface area contributed by atoms with E-state index in [1.54, 1.807) is 29.4 Å². The van der Waals surface area contributed by atoms with Crippen LogP contribution in [0.1, 0.15) is 4.88 Å². The number of rotatable bonds is 3. The Morgan fingerprint density at radius 2 is 1.78 bits per heavy atom. The van der Waals surface area contributed by atoms with Crippen LogP contribution < -0.4 is 9.47 Å². The zero-order valence-electron chi connectivity index (χ0n) is 14.6. The highest BCUT2D eigenvalue weighted by molar-refractivity contribution is 7.99. The molecule has 0 unspecified atom stereocenters. The first-order chi connectivity index (χ1) is 13.3. The van der Waals surface area contributed by atoms with E-state index >= 15 is 0 Å². The minimum absolute atomic E-state index is 0.584. The van der Waals surface area contributed by atoms with E-state index in [4.69, 9.17) is 9.47 Å². The summed E-state index contributed by atoms with van der Waals surface area (Å²) in [5, 5.41) is 2.07. The summed E-state index contributed by atoms with van der Waals surface area (Å²) in [4.78, 5) is 12.4. The summed E-state index contributed by atoms with van der Waals surface area (Å²) in [6.07, 6.45) is 1.65. The normalized spacial score (nSPS) is 13.1. The third kappa shape index (κ3) is 3.05. The van der Waals surface area contributed by atoms with Gasteiger partial charge in [-0.05, 0) is 30.7 Å². The van der Waals surface area contributed by atoms with Gasteiger partial charge in [0.15, 0.2) is 11.5 Å². The predicted octanol–water partition coefficient (Wildman–Crippen LogP) is 5.59. The van der Waals surface area contributed by atoms with Crippen molar-refractivity contribution >= 4 is 33.3 Å². The van der Waals surface area contributed by atoms with Gasteiger partial charge in [0.2, 0.25) is 0 Å². The summed E-state index contributed by atoms with van der Waals surface area (Å²) in [7, 11) is 0. The molecule has 0 spiro atoms. The molecule has 4 aromatic rings. The largest absolute Gasteiger partial charge is 0.486 e. The number of nitrogens with zero attached hydrogens (tertiary/aromatic N) is 2. The van der Waals surface area contributed by atoms with E-state index in [1.807, 2.05) is 24.3 Å². The first kappa shape index (κ1) is 16.6. The molecule has 2 aromatic heterocycles. The third-order valence-electron chi connectivity index (χ3n) is 4.42. The van der Waals surface area contributed by atoms with Crippen LogP contribution in [0.15, 0.2) is 64.8 Å². The molecule has 0 atom stereocenters. The van der Waals surface area contributed by atoms with Crippen molar-refractivity contribution in [1.29, 1.82) is 0 Å². The van der Waals surface area contributed by atoms with Crippen LogP contribution >= 0.6 is 23.1 Å². The van der Waals surface area contributed by atoms with Crippen LogP contribution in [0.3, 0.4) is 0 Å². The monoisotopic (exact) mass is 392 g/mol. The van der Waals surface area contributed by atoms with Gasteiger partial charge in [-0.2, -0.15) is 0 Å². The Labute approximate surface area is 165 Å². The lowest BCUT2D eigenvalue weighted by molar-refractivity contribution is 0.171. The van der Waals surface area contributed by atoms with Crippen molar-refractivity contribution in [2.24, 2.45) is 0 Å². The van der Waals surface area contributed by atoms with Crippen LogP contribution in [-0.4, -0.2) is 23.2 Å². The van der Waals surface area contributed by atoms with E-state index in [1.165, 1.54) is 16.0 Å². The number of fused-ring (bicyclic) bond motifs is 2. The number of hydrogen-bond acceptors (Lipinski definition) is 6. The van der Waals surface area contributed by atoms with E-state index in [-0.39, 0.29) is 0 Å². The van der Waals surface area contributed by atoms with Crippen LogP contribution in [-0.2, 0) is 0 Å². The average molecular weight is 393 g/mol. The fourth-order valence-electron chi connectivity index (χ4n) is 3.25. The third-order valence-corrected chi connectivity index (χ3v) is 6.43. The quantitative estimate of drug-likeness (QED) is 0.425. The van der Waals surface area contributed by atoms with Gasteiger partial charge in [-0.3, -0.25) is 0 Å². The summed E-state index contributed by atoms with van der Waals surface area (Å²) >= 11 is 3.34. The maximum atomic E-state index is 5.72. The van der Waals surface area contributed by atoms with Gasteiger partial charge in [0.25, 0.3) is 0 Å². The highest BCUT2D eigenvalue weighted by Gasteiger charge is 2.18. The van der Waals surface area contributed by atoms with Crippen LogP contribution in [0.4, 0.5) is 0 Å². The highest BCUT2D eigenvalue weighted by Crippen LogP contribution is 2.44. The predicted molar refractivity (Wildman–Crippen MR) is 109 cm³/mol. The summed E-state index contributed by atoms with van der Waals surface area (Å²) in [6.45, 7) is 3.33. The van der Waals surface area contributed by atoms with Gasteiger partial charge < -0.3 is 9.47 Å². The van der Waals surface area contributed by atoms with Crippen LogP contribution in [0.2, 0.25) is 0 Å². The molecule has 0 radical (unpaired) electrons. The van der Waals surface area contributed by atoms with Gasteiger partial charge in [0.1, 0.15) is 29.4 Å². The second-order valence-electron chi connectivity index (χ2n) is 6.17. The van der Waals surface area contributed by atoms with Gasteiger partial charge in [-0.1, -0.05) is 42.1 Å². The fourth-order valence-corrected chi connectivity index (χ4v) is 5.25. The molecule has 134 valence electrons. The second-order valence-corrected chi connectivity index (χ2v) is 8.43. The first-order valence-electron chi connectivity index (χ1n) is 8.66. The lowest BCUT2D eigenvalue weighted by atomic mass is 10.0. The van der Waals surface area contributed by atoms with E-state index in [0.29, 0.717) is 13.2 Å². The maximum Gasteiger partial charge on any atom is 0.162 e. The topological polar surface area (TPSA) is 44.2 Å². The van der Waals surface area contributed by atoms with Crippen molar-refractivity contribution in [3.63, 3.8) is 0 Å². The molecule has 0 amide bonds. The molecule has 1 aliphatic rings. The Balaban J connectivity index is 1.62. The summed E-state index contributed by atoms with van der Waals surface area (Å²) in [6, 6.07) is 16.5. The molecule has 3 heterocycles. The molecule has 0 fully saturated rings. The molecule has 5 rings (SSSR count). The van der Waals surface area contributed by atoms with E-state index < -0.39 is 0 Å². The van der Waals surface area contributed by atoms with Gasteiger partial charge >= 0.3 is 0 Å². The molecule has 27 heavy (non-hydrogen) atoms. The molecule has 1 aliphatic heterocycles. The molecule has 0 aliphatic carbocycles. The molecule has 0 N–H and O–H groups in total. The van der Waals surface area contributed by atoms with E-state index in [0.717, 1.165) is 31.6 Å². The molecule has 0 saturated carbocycles. The van der Waals surface area contributed by atoms with Crippen LogP contribution in [0, 0.1) is 6.92 Å². The number of hydrogen-bond donors (Lipinski definition) is 0. The van der Waals surface area contributed by atoms with Gasteiger partial charge in [0.05, 0.1) is 5.39 Å². The Morgan fingerprint density at radius 1 is 0.963 bits per heavy atom. The van der Waals surface area contributed by atoms with E-state index in [9.17, 15) is 0 Å². The molecule has 0 bridgehead atoms. The maximum absolute atomic E-state index is 5.72. The number of benzene rings is 2. The van der Waals surface area contributed by atoms with Crippen LogP contribution in [0.5, 0.6) is 11.5 Å². The molecule has 4 nitrogen and oxygen atoms in total. The first-order valence-corrected chi connectivity index (χ1v) is 10.3. The number of aryl methyl sites for hydroxylation is 1. The molecular formula is C21H16N2O2S2. The van der Waals surface area contributed by atoms with Gasteiger partial charge in [-0.15, -0.1) is 11.3 Å².